The molecule has 4 rings (SSSR count). The number of likely N-dealkylation sites (tertiary alicyclic amines) is 1. The maximum absolute atomic E-state index is 13.4. The molecule has 4 heterocycles. The molecule has 6 heteroatoms. The van der Waals surface area contributed by atoms with Crippen LogP contribution in [0.3, 0.4) is 0 Å². The molecule has 0 unspecified atom stereocenters. The molecule has 1 amide bonds. The van der Waals surface area contributed by atoms with Crippen molar-refractivity contribution in [3.8, 4) is 0 Å². The maximum atomic E-state index is 13.4. The van der Waals surface area contributed by atoms with Crippen LogP contribution < -0.4 is 5.32 Å². The van der Waals surface area contributed by atoms with Crippen LogP contribution >= 0.6 is 0 Å². The van der Waals surface area contributed by atoms with Gasteiger partial charge in [0.2, 0.25) is 0 Å². The SMILES string of the molecule is Cc1ccn2c(CN[C@@H](C)Cc3ncccc3C)c(C(=O)N3CCCCCC3)nc2c1. The van der Waals surface area contributed by atoms with E-state index in [-0.39, 0.29) is 11.9 Å². The van der Waals surface area contributed by atoms with Gasteiger partial charge in [0, 0.05) is 50.2 Å². The molecular weight excluding hydrogens is 386 g/mol. The molecular formula is C25H33N5O. The Balaban J connectivity index is 1.57. The summed E-state index contributed by atoms with van der Waals surface area (Å²) in [6, 6.07) is 8.41. The molecule has 0 radical (unpaired) electrons. The molecule has 0 spiro atoms. The molecule has 1 atom stereocenters. The van der Waals surface area contributed by atoms with Crippen molar-refractivity contribution in [3.63, 3.8) is 0 Å². The summed E-state index contributed by atoms with van der Waals surface area (Å²) < 4.78 is 2.06. The van der Waals surface area contributed by atoms with E-state index in [0.29, 0.717) is 12.2 Å². The van der Waals surface area contributed by atoms with Crippen molar-refractivity contribution in [2.45, 2.75) is 65.5 Å². The minimum atomic E-state index is 0.0632. The van der Waals surface area contributed by atoms with Gasteiger partial charge in [0.15, 0.2) is 5.69 Å². The number of aryl methyl sites for hydroxylation is 2. The number of aromatic nitrogens is 3. The number of rotatable bonds is 6. The second-order valence-corrected chi connectivity index (χ2v) is 8.80. The van der Waals surface area contributed by atoms with Crippen molar-refractivity contribution in [3.05, 3.63) is 64.9 Å². The predicted molar refractivity (Wildman–Crippen MR) is 123 cm³/mol. The molecule has 0 saturated carbocycles. The molecule has 164 valence electrons. The number of nitrogens with zero attached hydrogens (tertiary/aromatic N) is 4. The fourth-order valence-corrected chi connectivity index (χ4v) is 4.33. The molecule has 1 saturated heterocycles. The molecule has 31 heavy (non-hydrogen) atoms. The van der Waals surface area contributed by atoms with Gasteiger partial charge in [0.1, 0.15) is 5.65 Å². The van der Waals surface area contributed by atoms with E-state index in [2.05, 4.69) is 47.6 Å². The summed E-state index contributed by atoms with van der Waals surface area (Å²) in [7, 11) is 0. The molecule has 3 aromatic heterocycles. The quantitative estimate of drug-likeness (QED) is 0.654. The van der Waals surface area contributed by atoms with Gasteiger partial charge in [-0.2, -0.15) is 0 Å². The molecule has 1 N–H and O–H groups in total. The van der Waals surface area contributed by atoms with Crippen molar-refractivity contribution in [1.29, 1.82) is 0 Å². The molecule has 3 aromatic rings. The van der Waals surface area contributed by atoms with Crippen LogP contribution in [0.5, 0.6) is 0 Å². The molecule has 0 bridgehead atoms. The number of imidazole rings is 1. The molecule has 6 nitrogen and oxygen atoms in total. The molecule has 1 aliphatic rings. The molecule has 0 aromatic carbocycles. The van der Waals surface area contributed by atoms with Gasteiger partial charge in [-0.1, -0.05) is 18.9 Å². The van der Waals surface area contributed by atoms with E-state index in [4.69, 9.17) is 4.98 Å². The lowest BCUT2D eigenvalue weighted by Gasteiger charge is -2.20. The van der Waals surface area contributed by atoms with Crippen LogP contribution in [0.2, 0.25) is 0 Å². The van der Waals surface area contributed by atoms with E-state index >= 15 is 0 Å². The Bertz CT molecular complexity index is 1050. The second kappa shape index (κ2) is 9.60. The summed E-state index contributed by atoms with van der Waals surface area (Å²) in [6.45, 7) is 8.56. The first-order valence-corrected chi connectivity index (χ1v) is 11.4. The van der Waals surface area contributed by atoms with Gasteiger partial charge in [-0.25, -0.2) is 4.98 Å². The van der Waals surface area contributed by atoms with Gasteiger partial charge in [0.05, 0.1) is 5.69 Å². The summed E-state index contributed by atoms with van der Waals surface area (Å²) in [6.07, 6.45) is 9.28. The third-order valence-corrected chi connectivity index (χ3v) is 6.21. The highest BCUT2D eigenvalue weighted by Crippen LogP contribution is 2.19. The summed E-state index contributed by atoms with van der Waals surface area (Å²) in [5.41, 5.74) is 5.82. The number of hydrogen-bond acceptors (Lipinski definition) is 4. The number of carbonyl (C=O) groups is 1. The van der Waals surface area contributed by atoms with E-state index in [1.54, 1.807) is 0 Å². The molecule has 1 aliphatic heterocycles. The average Bonchev–Trinajstić information content (AvgIpc) is 2.91. The highest BCUT2D eigenvalue weighted by atomic mass is 16.2. The lowest BCUT2D eigenvalue weighted by atomic mass is 10.1. The molecule has 1 fully saturated rings. The largest absolute Gasteiger partial charge is 0.337 e. The van der Waals surface area contributed by atoms with Crippen LogP contribution in [0.15, 0.2) is 36.7 Å². The highest BCUT2D eigenvalue weighted by Gasteiger charge is 2.25. The maximum Gasteiger partial charge on any atom is 0.274 e. The lowest BCUT2D eigenvalue weighted by Crippen LogP contribution is -2.34. The third kappa shape index (κ3) is 4.96. The van der Waals surface area contributed by atoms with Gasteiger partial charge in [-0.3, -0.25) is 9.78 Å². The van der Waals surface area contributed by atoms with E-state index in [9.17, 15) is 4.79 Å². The normalized spacial score (nSPS) is 15.8. The van der Waals surface area contributed by atoms with Crippen LogP contribution in [0.1, 0.15) is 65.6 Å². The first-order chi connectivity index (χ1) is 15.0. The highest BCUT2D eigenvalue weighted by molar-refractivity contribution is 5.94. The van der Waals surface area contributed by atoms with Crippen LogP contribution in [0, 0.1) is 13.8 Å². The van der Waals surface area contributed by atoms with Gasteiger partial charge < -0.3 is 14.6 Å². The summed E-state index contributed by atoms with van der Waals surface area (Å²) in [4.78, 5) is 24.7. The minimum absolute atomic E-state index is 0.0632. The standard InChI is InChI=1S/C25H33N5O/c1-18-10-14-30-22(17-27-20(3)16-21-19(2)9-8-11-26-21)24(28-23(30)15-18)25(31)29-12-6-4-5-7-13-29/h8-11,14-15,20,27H,4-7,12-13,16-17H2,1-3H3/t20-/m0/s1. The summed E-state index contributed by atoms with van der Waals surface area (Å²) in [5.74, 6) is 0.0632. The van der Waals surface area contributed by atoms with Crippen LogP contribution in [0.4, 0.5) is 0 Å². The average molecular weight is 420 g/mol. The Morgan fingerprint density at radius 3 is 2.68 bits per heavy atom. The number of nitrogens with one attached hydrogen (secondary N) is 1. The van der Waals surface area contributed by atoms with E-state index in [1.807, 2.05) is 29.4 Å². The van der Waals surface area contributed by atoms with Crippen molar-refractivity contribution in [2.24, 2.45) is 0 Å². The number of fused-ring (bicyclic) bond motifs is 1. The first kappa shape index (κ1) is 21.5. The van der Waals surface area contributed by atoms with Crippen molar-refractivity contribution in [2.75, 3.05) is 13.1 Å². The van der Waals surface area contributed by atoms with E-state index in [1.165, 1.54) is 18.4 Å². The van der Waals surface area contributed by atoms with Crippen molar-refractivity contribution < 1.29 is 4.79 Å². The predicted octanol–water partition coefficient (Wildman–Crippen LogP) is 4.08. The van der Waals surface area contributed by atoms with Crippen LogP contribution in [-0.2, 0) is 13.0 Å². The number of carbonyl (C=O) groups excluding carboxylic acids is 1. The van der Waals surface area contributed by atoms with Crippen LogP contribution in [-0.4, -0.2) is 44.3 Å². The zero-order valence-corrected chi connectivity index (χ0v) is 18.9. The number of amides is 1. The topological polar surface area (TPSA) is 62.5 Å². The monoisotopic (exact) mass is 419 g/mol. The zero-order chi connectivity index (χ0) is 21.8. The summed E-state index contributed by atoms with van der Waals surface area (Å²) in [5, 5.41) is 3.61. The Kier molecular flexibility index (Phi) is 6.66. The minimum Gasteiger partial charge on any atom is -0.337 e. The Labute approximate surface area is 184 Å². The van der Waals surface area contributed by atoms with Gasteiger partial charge in [0.25, 0.3) is 5.91 Å². The zero-order valence-electron chi connectivity index (χ0n) is 18.9. The van der Waals surface area contributed by atoms with Gasteiger partial charge in [-0.05, 0) is 62.9 Å². The summed E-state index contributed by atoms with van der Waals surface area (Å²) >= 11 is 0. The second-order valence-electron chi connectivity index (χ2n) is 8.80. The first-order valence-electron chi connectivity index (χ1n) is 11.4. The van der Waals surface area contributed by atoms with E-state index in [0.717, 1.165) is 55.0 Å². The smallest absolute Gasteiger partial charge is 0.274 e. The Morgan fingerprint density at radius 2 is 1.94 bits per heavy atom. The Morgan fingerprint density at radius 1 is 1.16 bits per heavy atom. The molecule has 0 aliphatic carbocycles. The fourth-order valence-electron chi connectivity index (χ4n) is 4.33. The van der Waals surface area contributed by atoms with Crippen molar-refractivity contribution >= 4 is 11.6 Å². The van der Waals surface area contributed by atoms with Crippen LogP contribution in [0.25, 0.3) is 5.65 Å². The van der Waals surface area contributed by atoms with Crippen molar-refractivity contribution in [1.82, 2.24) is 24.6 Å². The van der Waals surface area contributed by atoms with E-state index < -0.39 is 0 Å². The van der Waals surface area contributed by atoms with Gasteiger partial charge >= 0.3 is 0 Å². The fraction of sp³-hybridized carbons (Fsp3) is 0.480. The Hall–Kier alpha value is -2.73. The third-order valence-electron chi connectivity index (χ3n) is 6.21. The number of pyridine rings is 2. The number of hydrogen-bond donors (Lipinski definition) is 1. The van der Waals surface area contributed by atoms with Gasteiger partial charge in [-0.15, -0.1) is 0 Å². The lowest BCUT2D eigenvalue weighted by molar-refractivity contribution is 0.0755.